The number of hydrogen-bond acceptors (Lipinski definition) is 3. The molecule has 0 aliphatic carbocycles. The Hall–Kier alpha value is -0.630. The van der Waals surface area contributed by atoms with Crippen LogP contribution < -0.4 is 0 Å². The summed E-state index contributed by atoms with van der Waals surface area (Å²) >= 11 is 8.98. The Kier molecular flexibility index (Phi) is 4.20. The van der Waals surface area contributed by atoms with Crippen LogP contribution in [0.15, 0.2) is 27.6 Å². The van der Waals surface area contributed by atoms with Gasteiger partial charge in [-0.05, 0) is 47.0 Å². The van der Waals surface area contributed by atoms with Crippen LogP contribution in [0.2, 0.25) is 5.02 Å². The molecule has 0 radical (unpaired) electrons. The number of carbonyl (C=O) groups is 1. The minimum absolute atomic E-state index is 0.0388. The molecule has 1 aromatic carbocycles. The normalized spacial score (nSPS) is 20.6. The van der Waals surface area contributed by atoms with Crippen molar-refractivity contribution < 1.29 is 18.3 Å². The van der Waals surface area contributed by atoms with Gasteiger partial charge in [0.05, 0.1) is 9.92 Å². The molecule has 1 N–H and O–H groups in total. The Bertz CT molecular complexity index is 619. The summed E-state index contributed by atoms with van der Waals surface area (Å²) in [5.41, 5.74) is 0. The molecule has 8 heteroatoms. The minimum atomic E-state index is -3.81. The molecule has 5 nitrogen and oxygen atoms in total. The monoisotopic (exact) mass is 367 g/mol. The first-order valence-corrected chi connectivity index (χ1v) is 8.15. The van der Waals surface area contributed by atoms with E-state index in [2.05, 4.69) is 15.9 Å². The standard InChI is InChI=1S/C11H11BrClNO4S/c12-8-6-7(3-4-9(8)13)19(17,18)14-5-1-2-10(14)11(15)16/h3-4,6,10H,1-2,5H2,(H,15,16)/t10-/m1/s1. The topological polar surface area (TPSA) is 74.7 Å². The fourth-order valence-electron chi connectivity index (χ4n) is 2.05. The van der Waals surface area contributed by atoms with Gasteiger partial charge in [-0.3, -0.25) is 4.79 Å². The maximum atomic E-state index is 12.4. The van der Waals surface area contributed by atoms with Gasteiger partial charge in [-0.25, -0.2) is 8.42 Å². The van der Waals surface area contributed by atoms with Crippen molar-refractivity contribution in [2.24, 2.45) is 0 Å². The van der Waals surface area contributed by atoms with E-state index in [0.29, 0.717) is 22.3 Å². The van der Waals surface area contributed by atoms with Gasteiger partial charge in [-0.2, -0.15) is 4.31 Å². The molecule has 1 aliphatic rings. The predicted octanol–water partition coefficient (Wildman–Crippen LogP) is 2.34. The van der Waals surface area contributed by atoms with Gasteiger partial charge in [0.2, 0.25) is 10.0 Å². The van der Waals surface area contributed by atoms with E-state index in [1.807, 2.05) is 0 Å². The Morgan fingerprint density at radius 1 is 1.47 bits per heavy atom. The van der Waals surface area contributed by atoms with Crippen LogP contribution in [-0.2, 0) is 14.8 Å². The molecule has 1 atom stereocenters. The number of sulfonamides is 1. The van der Waals surface area contributed by atoms with Gasteiger partial charge in [-0.15, -0.1) is 0 Å². The van der Waals surface area contributed by atoms with Gasteiger partial charge in [-0.1, -0.05) is 11.6 Å². The minimum Gasteiger partial charge on any atom is -0.480 e. The summed E-state index contributed by atoms with van der Waals surface area (Å²) < 4.78 is 26.3. The van der Waals surface area contributed by atoms with E-state index < -0.39 is 22.0 Å². The smallest absolute Gasteiger partial charge is 0.322 e. The second-order valence-corrected chi connectivity index (χ2v) is 7.34. The van der Waals surface area contributed by atoms with Crippen LogP contribution in [0.3, 0.4) is 0 Å². The number of nitrogens with zero attached hydrogens (tertiary/aromatic N) is 1. The van der Waals surface area contributed by atoms with Crippen molar-refractivity contribution in [1.29, 1.82) is 0 Å². The molecule has 0 unspecified atom stereocenters. The Morgan fingerprint density at radius 3 is 2.74 bits per heavy atom. The molecule has 104 valence electrons. The molecule has 19 heavy (non-hydrogen) atoms. The largest absolute Gasteiger partial charge is 0.480 e. The van der Waals surface area contributed by atoms with E-state index in [9.17, 15) is 13.2 Å². The van der Waals surface area contributed by atoms with E-state index in [0.717, 1.165) is 4.31 Å². The lowest BCUT2D eigenvalue weighted by molar-refractivity contribution is -0.140. The van der Waals surface area contributed by atoms with Crippen molar-refractivity contribution in [3.05, 3.63) is 27.7 Å². The first-order valence-electron chi connectivity index (χ1n) is 5.54. The molecule has 1 heterocycles. The second-order valence-electron chi connectivity index (χ2n) is 4.19. The SMILES string of the molecule is O=C(O)[C@H]1CCCN1S(=O)(=O)c1ccc(Cl)c(Br)c1. The summed E-state index contributed by atoms with van der Waals surface area (Å²) in [6.45, 7) is 0.222. The lowest BCUT2D eigenvalue weighted by Gasteiger charge is -2.21. The third-order valence-corrected chi connectivity index (χ3v) is 6.10. The number of carboxylic acid groups (broad SMARTS) is 1. The molecular formula is C11H11BrClNO4S. The number of aliphatic carboxylic acids is 1. The Balaban J connectivity index is 2.42. The maximum Gasteiger partial charge on any atom is 0.322 e. The van der Waals surface area contributed by atoms with E-state index in [1.165, 1.54) is 18.2 Å². The number of halogens is 2. The average molecular weight is 369 g/mol. The quantitative estimate of drug-likeness (QED) is 0.888. The lowest BCUT2D eigenvalue weighted by Crippen LogP contribution is -2.40. The molecule has 1 aromatic rings. The molecule has 0 amide bonds. The summed E-state index contributed by atoms with van der Waals surface area (Å²) in [4.78, 5) is 11.1. The van der Waals surface area contributed by atoms with Gasteiger partial charge in [0.25, 0.3) is 0 Å². The van der Waals surface area contributed by atoms with Crippen molar-refractivity contribution in [3.63, 3.8) is 0 Å². The summed E-state index contributed by atoms with van der Waals surface area (Å²) in [6.07, 6.45) is 0.883. The summed E-state index contributed by atoms with van der Waals surface area (Å²) in [6, 6.07) is 3.23. The molecule has 1 saturated heterocycles. The van der Waals surface area contributed by atoms with Crippen molar-refractivity contribution >= 4 is 43.5 Å². The summed E-state index contributed by atoms with van der Waals surface area (Å²) in [5, 5.41) is 9.45. The summed E-state index contributed by atoms with van der Waals surface area (Å²) in [5.74, 6) is -1.12. The van der Waals surface area contributed by atoms with E-state index in [1.54, 1.807) is 0 Å². The highest BCUT2D eigenvalue weighted by Gasteiger charge is 2.39. The zero-order valence-electron chi connectivity index (χ0n) is 9.71. The molecule has 2 rings (SSSR count). The molecule has 0 saturated carbocycles. The van der Waals surface area contributed by atoms with E-state index in [-0.39, 0.29) is 11.4 Å². The molecule has 0 aromatic heterocycles. The van der Waals surface area contributed by atoms with Crippen molar-refractivity contribution in [2.75, 3.05) is 6.54 Å². The molecular weight excluding hydrogens is 358 g/mol. The predicted molar refractivity (Wildman–Crippen MR) is 73.7 cm³/mol. The number of hydrogen-bond donors (Lipinski definition) is 1. The first kappa shape index (κ1) is 14.8. The Labute approximate surface area is 124 Å². The molecule has 1 aliphatic heterocycles. The maximum absolute atomic E-state index is 12.4. The number of benzene rings is 1. The van der Waals surface area contributed by atoms with Crippen LogP contribution in [0.1, 0.15) is 12.8 Å². The van der Waals surface area contributed by atoms with Gasteiger partial charge in [0, 0.05) is 11.0 Å². The third-order valence-electron chi connectivity index (χ3n) is 2.99. The fourth-order valence-corrected chi connectivity index (χ4v) is 4.37. The van der Waals surface area contributed by atoms with Gasteiger partial charge < -0.3 is 5.11 Å². The van der Waals surface area contributed by atoms with Crippen LogP contribution >= 0.6 is 27.5 Å². The molecule has 0 spiro atoms. The van der Waals surface area contributed by atoms with Crippen molar-refractivity contribution in [3.8, 4) is 0 Å². The average Bonchev–Trinajstić information content (AvgIpc) is 2.82. The van der Waals surface area contributed by atoms with E-state index in [4.69, 9.17) is 16.7 Å². The van der Waals surface area contributed by atoms with Crippen LogP contribution in [0, 0.1) is 0 Å². The van der Waals surface area contributed by atoms with Crippen LogP contribution in [0.5, 0.6) is 0 Å². The van der Waals surface area contributed by atoms with Crippen molar-refractivity contribution in [1.82, 2.24) is 4.31 Å². The van der Waals surface area contributed by atoms with Crippen molar-refractivity contribution in [2.45, 2.75) is 23.8 Å². The van der Waals surface area contributed by atoms with Crippen LogP contribution in [-0.4, -0.2) is 36.4 Å². The van der Waals surface area contributed by atoms with Gasteiger partial charge in [0.1, 0.15) is 6.04 Å². The highest BCUT2D eigenvalue weighted by atomic mass is 79.9. The zero-order valence-corrected chi connectivity index (χ0v) is 12.9. The van der Waals surface area contributed by atoms with Gasteiger partial charge >= 0.3 is 5.97 Å². The first-order chi connectivity index (χ1) is 8.84. The highest BCUT2D eigenvalue weighted by molar-refractivity contribution is 9.10. The fraction of sp³-hybridized carbons (Fsp3) is 0.364. The highest BCUT2D eigenvalue weighted by Crippen LogP contribution is 2.30. The second kappa shape index (κ2) is 5.40. The van der Waals surface area contributed by atoms with E-state index >= 15 is 0 Å². The summed E-state index contributed by atoms with van der Waals surface area (Å²) in [7, 11) is -3.81. The molecule has 0 bridgehead atoms. The lowest BCUT2D eigenvalue weighted by atomic mass is 10.2. The van der Waals surface area contributed by atoms with Crippen LogP contribution in [0.4, 0.5) is 0 Å². The zero-order chi connectivity index (χ0) is 14.2. The van der Waals surface area contributed by atoms with Gasteiger partial charge in [0.15, 0.2) is 0 Å². The third kappa shape index (κ3) is 2.79. The van der Waals surface area contributed by atoms with Crippen LogP contribution in [0.25, 0.3) is 0 Å². The molecule has 1 fully saturated rings. The number of carboxylic acids is 1. The Morgan fingerprint density at radius 2 is 2.16 bits per heavy atom. The number of rotatable bonds is 3.